The largest absolute Gasteiger partial charge is 0.493 e. The highest BCUT2D eigenvalue weighted by atomic mass is 35.5. The Morgan fingerprint density at radius 2 is 1.80 bits per heavy atom. The van der Waals surface area contributed by atoms with Gasteiger partial charge in [-0.3, -0.25) is 9.69 Å². The lowest BCUT2D eigenvalue weighted by Crippen LogP contribution is -2.57. The van der Waals surface area contributed by atoms with Gasteiger partial charge in [0.1, 0.15) is 17.3 Å². The van der Waals surface area contributed by atoms with Gasteiger partial charge in [0.25, 0.3) is 5.91 Å². The van der Waals surface area contributed by atoms with Gasteiger partial charge in [0.05, 0.1) is 30.2 Å². The maximum absolute atomic E-state index is 14.9. The minimum Gasteiger partial charge on any atom is -0.493 e. The van der Waals surface area contributed by atoms with Crippen LogP contribution in [-0.4, -0.2) is 77.5 Å². The zero-order valence-corrected chi connectivity index (χ0v) is 27.6. The lowest BCUT2D eigenvalue weighted by Gasteiger charge is -2.44. The summed E-state index contributed by atoms with van der Waals surface area (Å²) in [6, 6.07) is 8.90. The Kier molecular flexibility index (Phi) is 8.19. The van der Waals surface area contributed by atoms with Crippen molar-refractivity contribution in [1.29, 1.82) is 0 Å². The summed E-state index contributed by atoms with van der Waals surface area (Å²) in [5.41, 5.74) is 4.82. The van der Waals surface area contributed by atoms with Crippen LogP contribution in [0.15, 0.2) is 36.5 Å². The number of halogens is 2. The first-order valence-corrected chi connectivity index (χ1v) is 15.8. The molecule has 10 nitrogen and oxygen atoms in total. The summed E-state index contributed by atoms with van der Waals surface area (Å²) < 4.78 is 24.3. The third-order valence-electron chi connectivity index (χ3n) is 8.78. The van der Waals surface area contributed by atoms with Crippen molar-refractivity contribution >= 4 is 17.5 Å². The predicted octanol–water partition coefficient (Wildman–Crippen LogP) is 5.67. The maximum Gasteiger partial charge on any atom is 0.276 e. The molecule has 4 heterocycles. The number of amides is 1. The van der Waals surface area contributed by atoms with E-state index >= 15 is 0 Å². The van der Waals surface area contributed by atoms with Gasteiger partial charge in [-0.05, 0) is 51.5 Å². The standard InChI is InChI=1S/C33H40ClFN8O2/c1-19-12-20(2)30-25(13-19)27(10-11-45-30)42-18-24(36-38-42)17-41-21(3)15-40(16-22(41)4)32(44)29-31(33(5,6)7)43(39-37-29)28-9-8-23(34)14-26(28)35/h8-9,12-14,18,21-22,27H,10-11,15-17H2,1-7H3/t21-,22+,27-/m1/s1. The second-order valence-corrected chi connectivity index (χ2v) is 13.9. The first kappa shape index (κ1) is 31.2. The van der Waals surface area contributed by atoms with E-state index in [4.69, 9.17) is 16.3 Å². The summed E-state index contributed by atoms with van der Waals surface area (Å²) in [6.45, 7) is 16.6. The number of benzene rings is 2. The van der Waals surface area contributed by atoms with Crippen LogP contribution in [0.4, 0.5) is 4.39 Å². The summed E-state index contributed by atoms with van der Waals surface area (Å²) in [5, 5.41) is 17.9. The fourth-order valence-electron chi connectivity index (χ4n) is 6.76. The van der Waals surface area contributed by atoms with Crippen LogP contribution >= 0.6 is 11.6 Å². The molecule has 1 saturated heterocycles. The summed E-state index contributed by atoms with van der Waals surface area (Å²) in [6.07, 6.45) is 2.87. The van der Waals surface area contributed by atoms with E-state index in [1.54, 1.807) is 12.1 Å². The van der Waals surface area contributed by atoms with Crippen LogP contribution < -0.4 is 4.74 Å². The van der Waals surface area contributed by atoms with E-state index in [0.717, 1.165) is 29.0 Å². The molecule has 0 aliphatic carbocycles. The number of aryl methyl sites for hydroxylation is 2. The molecule has 3 atom stereocenters. The van der Waals surface area contributed by atoms with E-state index in [1.165, 1.54) is 16.3 Å². The fraction of sp³-hybridized carbons (Fsp3) is 0.485. The predicted molar refractivity (Wildman–Crippen MR) is 170 cm³/mol. The fourth-order valence-corrected chi connectivity index (χ4v) is 6.92. The first-order valence-electron chi connectivity index (χ1n) is 15.4. The minimum absolute atomic E-state index is 0.0544. The normalized spacial score (nSPS) is 20.6. The van der Waals surface area contributed by atoms with Crippen molar-refractivity contribution in [2.75, 3.05) is 19.7 Å². The van der Waals surface area contributed by atoms with E-state index in [-0.39, 0.29) is 40.4 Å². The number of hydrogen-bond donors (Lipinski definition) is 0. The highest BCUT2D eigenvalue weighted by Gasteiger charge is 2.37. The molecule has 1 fully saturated rings. The van der Waals surface area contributed by atoms with Crippen LogP contribution in [0.5, 0.6) is 5.75 Å². The molecular formula is C33H40ClFN8O2. The molecule has 2 aromatic carbocycles. The topological polar surface area (TPSA) is 94.2 Å². The number of rotatable bonds is 5. The van der Waals surface area contributed by atoms with E-state index in [1.807, 2.05) is 36.5 Å². The maximum atomic E-state index is 14.9. The molecule has 2 aliphatic heterocycles. The molecule has 0 saturated carbocycles. The molecule has 2 aliphatic rings. The molecule has 2 aromatic heterocycles. The molecule has 4 aromatic rings. The third-order valence-corrected chi connectivity index (χ3v) is 9.01. The molecule has 0 bridgehead atoms. The average molecular weight is 635 g/mol. The Morgan fingerprint density at radius 3 is 2.49 bits per heavy atom. The Bertz CT molecular complexity index is 1730. The van der Waals surface area contributed by atoms with Crippen molar-refractivity contribution in [1.82, 2.24) is 39.8 Å². The number of aromatic nitrogens is 6. The summed E-state index contributed by atoms with van der Waals surface area (Å²) in [5.74, 6) is 0.203. The average Bonchev–Trinajstić information content (AvgIpc) is 3.62. The molecule has 45 heavy (non-hydrogen) atoms. The first-order chi connectivity index (χ1) is 21.3. The van der Waals surface area contributed by atoms with Crippen molar-refractivity contribution in [2.24, 2.45) is 0 Å². The molecular weight excluding hydrogens is 595 g/mol. The van der Waals surface area contributed by atoms with Crippen molar-refractivity contribution in [3.05, 3.63) is 81.1 Å². The van der Waals surface area contributed by atoms with E-state index < -0.39 is 11.2 Å². The quantitative estimate of drug-likeness (QED) is 0.279. The SMILES string of the molecule is Cc1cc(C)c2c(c1)[C@H](n1cc(CN3[C@H](C)CN(C(=O)c4nnn(-c5ccc(Cl)cc5F)c4C(C)(C)C)C[C@@H]3C)nn1)CCO2. The molecule has 0 spiro atoms. The van der Waals surface area contributed by atoms with Gasteiger partial charge in [0, 0.05) is 54.1 Å². The number of fused-ring (bicyclic) bond motifs is 1. The van der Waals surface area contributed by atoms with E-state index in [2.05, 4.69) is 65.4 Å². The number of piperazine rings is 1. The van der Waals surface area contributed by atoms with Gasteiger partial charge in [0.2, 0.25) is 0 Å². The van der Waals surface area contributed by atoms with Gasteiger partial charge < -0.3 is 9.64 Å². The Balaban J connectivity index is 1.19. The Labute approximate surface area is 268 Å². The third kappa shape index (κ3) is 5.95. The van der Waals surface area contributed by atoms with Crippen LogP contribution in [0.25, 0.3) is 5.69 Å². The van der Waals surface area contributed by atoms with Gasteiger partial charge in [-0.1, -0.05) is 60.5 Å². The van der Waals surface area contributed by atoms with Gasteiger partial charge in [-0.25, -0.2) is 13.8 Å². The molecule has 0 radical (unpaired) electrons. The number of ether oxygens (including phenoxy) is 1. The van der Waals surface area contributed by atoms with Gasteiger partial charge >= 0.3 is 0 Å². The van der Waals surface area contributed by atoms with Gasteiger partial charge in [-0.15, -0.1) is 10.2 Å². The van der Waals surface area contributed by atoms with Crippen LogP contribution in [0.3, 0.4) is 0 Å². The van der Waals surface area contributed by atoms with Crippen LogP contribution in [0.1, 0.15) is 85.6 Å². The van der Waals surface area contributed by atoms with Crippen LogP contribution in [0, 0.1) is 19.7 Å². The summed E-state index contributed by atoms with van der Waals surface area (Å²) >= 11 is 5.98. The lowest BCUT2D eigenvalue weighted by molar-refractivity contribution is 0.0258. The van der Waals surface area contributed by atoms with Crippen molar-refractivity contribution < 1.29 is 13.9 Å². The van der Waals surface area contributed by atoms with Crippen LogP contribution in [-0.2, 0) is 12.0 Å². The molecule has 1 amide bonds. The smallest absolute Gasteiger partial charge is 0.276 e. The number of carbonyl (C=O) groups excluding carboxylic acids is 1. The number of carbonyl (C=O) groups is 1. The van der Waals surface area contributed by atoms with Crippen LogP contribution in [0.2, 0.25) is 5.02 Å². The summed E-state index contributed by atoms with van der Waals surface area (Å²) in [4.78, 5) is 18.2. The number of nitrogens with zero attached hydrogens (tertiary/aromatic N) is 8. The highest BCUT2D eigenvalue weighted by molar-refractivity contribution is 6.30. The second-order valence-electron chi connectivity index (χ2n) is 13.5. The van der Waals surface area contributed by atoms with Crippen molar-refractivity contribution in [3.8, 4) is 11.4 Å². The molecule has 0 unspecified atom stereocenters. The molecule has 6 rings (SSSR count). The lowest BCUT2D eigenvalue weighted by atomic mass is 9.89. The summed E-state index contributed by atoms with van der Waals surface area (Å²) in [7, 11) is 0. The van der Waals surface area contributed by atoms with E-state index in [0.29, 0.717) is 31.9 Å². The number of hydrogen-bond acceptors (Lipinski definition) is 7. The molecule has 0 N–H and O–H groups in total. The van der Waals surface area contributed by atoms with Crippen molar-refractivity contribution in [2.45, 2.75) is 85.0 Å². The molecule has 238 valence electrons. The Morgan fingerprint density at radius 1 is 1.07 bits per heavy atom. The molecule has 12 heteroatoms. The van der Waals surface area contributed by atoms with Gasteiger partial charge in [0.15, 0.2) is 5.69 Å². The highest BCUT2D eigenvalue weighted by Crippen LogP contribution is 2.38. The minimum atomic E-state index is -0.534. The zero-order chi connectivity index (χ0) is 32.2. The van der Waals surface area contributed by atoms with Crippen molar-refractivity contribution in [3.63, 3.8) is 0 Å². The Hall–Kier alpha value is -3.83. The zero-order valence-electron chi connectivity index (χ0n) is 26.9. The van der Waals surface area contributed by atoms with E-state index in [9.17, 15) is 9.18 Å². The second kappa shape index (κ2) is 11.8. The monoisotopic (exact) mass is 634 g/mol. The van der Waals surface area contributed by atoms with Gasteiger partial charge in [-0.2, -0.15) is 0 Å².